The number of hydrogen-bond donors (Lipinski definition) is 2. The molecule has 0 radical (unpaired) electrons. The summed E-state index contributed by atoms with van der Waals surface area (Å²) in [6.45, 7) is 2.21. The first kappa shape index (κ1) is 14.2. The Labute approximate surface area is 94.1 Å². The molecular formula is C9H18N2O3S. The average Bonchev–Trinajstić information content (AvgIpc) is 2.23. The molecule has 0 spiro atoms. The van der Waals surface area contributed by atoms with E-state index in [0.29, 0.717) is 18.8 Å². The minimum atomic E-state index is -0.179. The van der Waals surface area contributed by atoms with Gasteiger partial charge in [0.15, 0.2) is 0 Å². The number of amides is 1. The molecule has 0 rings (SSSR count). The van der Waals surface area contributed by atoms with Crippen LogP contribution in [-0.2, 0) is 14.3 Å². The Kier molecular flexibility index (Phi) is 9.30. The first-order valence-electron chi connectivity index (χ1n) is 4.93. The highest BCUT2D eigenvalue weighted by Gasteiger charge is 2.01. The number of unbranched alkanes of at least 4 members (excludes halogenated alkanes) is 1. The van der Waals surface area contributed by atoms with E-state index in [4.69, 9.17) is 10.6 Å². The first-order chi connectivity index (χ1) is 7.20. The molecule has 0 aliphatic heterocycles. The van der Waals surface area contributed by atoms with Gasteiger partial charge < -0.3 is 4.74 Å². The van der Waals surface area contributed by atoms with Gasteiger partial charge >= 0.3 is 5.97 Å². The Morgan fingerprint density at radius 3 is 2.73 bits per heavy atom. The molecule has 0 saturated carbocycles. The first-order valence-corrected chi connectivity index (χ1v) is 6.09. The Bertz CT molecular complexity index is 200. The van der Waals surface area contributed by atoms with Crippen LogP contribution in [0.25, 0.3) is 0 Å². The van der Waals surface area contributed by atoms with Gasteiger partial charge in [-0.15, -0.1) is 0 Å². The van der Waals surface area contributed by atoms with Crippen LogP contribution in [0, 0.1) is 0 Å². The van der Waals surface area contributed by atoms with Crippen molar-refractivity contribution in [3.63, 3.8) is 0 Å². The molecule has 0 aromatic heterocycles. The van der Waals surface area contributed by atoms with Gasteiger partial charge in [-0.3, -0.25) is 15.0 Å². The van der Waals surface area contributed by atoms with Gasteiger partial charge in [0.1, 0.15) is 0 Å². The summed E-state index contributed by atoms with van der Waals surface area (Å²) in [5.74, 6) is 5.84. The Morgan fingerprint density at radius 1 is 1.40 bits per heavy atom. The van der Waals surface area contributed by atoms with Crippen molar-refractivity contribution in [3.05, 3.63) is 0 Å². The van der Waals surface area contributed by atoms with Gasteiger partial charge in [0.25, 0.3) is 0 Å². The number of hydrazine groups is 1. The monoisotopic (exact) mass is 234 g/mol. The molecule has 6 heteroatoms. The van der Waals surface area contributed by atoms with Gasteiger partial charge in [0.2, 0.25) is 5.91 Å². The molecule has 0 aliphatic carbocycles. The van der Waals surface area contributed by atoms with Crippen LogP contribution in [0.2, 0.25) is 0 Å². The van der Waals surface area contributed by atoms with Crippen molar-refractivity contribution >= 4 is 23.6 Å². The predicted molar refractivity (Wildman–Crippen MR) is 60.1 cm³/mol. The number of ether oxygens (including phenoxy) is 1. The molecule has 0 atom stereocenters. The van der Waals surface area contributed by atoms with E-state index in [0.717, 1.165) is 18.6 Å². The van der Waals surface area contributed by atoms with Crippen molar-refractivity contribution in [1.82, 2.24) is 5.43 Å². The summed E-state index contributed by atoms with van der Waals surface area (Å²) in [4.78, 5) is 21.6. The second-order valence-electron chi connectivity index (χ2n) is 2.88. The Morgan fingerprint density at radius 2 is 2.13 bits per heavy atom. The number of esters is 1. The molecule has 0 aromatic rings. The van der Waals surface area contributed by atoms with E-state index in [2.05, 4.69) is 5.43 Å². The van der Waals surface area contributed by atoms with E-state index < -0.39 is 0 Å². The molecule has 15 heavy (non-hydrogen) atoms. The molecule has 0 heterocycles. The highest BCUT2D eigenvalue weighted by atomic mass is 32.2. The molecule has 0 unspecified atom stereocenters. The fourth-order valence-electron chi connectivity index (χ4n) is 0.920. The van der Waals surface area contributed by atoms with E-state index >= 15 is 0 Å². The van der Waals surface area contributed by atoms with Gasteiger partial charge in [-0.05, 0) is 25.5 Å². The van der Waals surface area contributed by atoms with Crippen LogP contribution in [0.5, 0.6) is 0 Å². The van der Waals surface area contributed by atoms with E-state index in [9.17, 15) is 9.59 Å². The largest absolute Gasteiger partial charge is 0.465 e. The maximum absolute atomic E-state index is 10.9. The molecular weight excluding hydrogens is 216 g/mol. The van der Waals surface area contributed by atoms with Gasteiger partial charge in [-0.25, -0.2) is 5.84 Å². The van der Waals surface area contributed by atoms with Gasteiger partial charge in [0.05, 0.1) is 12.4 Å². The fraction of sp³-hybridized carbons (Fsp3) is 0.778. The van der Waals surface area contributed by atoms with Gasteiger partial charge in [-0.2, -0.15) is 11.8 Å². The minimum Gasteiger partial charge on any atom is -0.465 e. The number of hydrogen-bond acceptors (Lipinski definition) is 5. The number of nitrogens with one attached hydrogen (secondary N) is 1. The lowest BCUT2D eigenvalue weighted by Crippen LogP contribution is -2.29. The molecule has 5 nitrogen and oxygen atoms in total. The minimum absolute atomic E-state index is 0.148. The lowest BCUT2D eigenvalue weighted by molar-refractivity contribution is -0.139. The normalized spacial score (nSPS) is 9.73. The van der Waals surface area contributed by atoms with Gasteiger partial charge in [-0.1, -0.05) is 0 Å². The number of carbonyl (C=O) groups is 2. The van der Waals surface area contributed by atoms with Crippen molar-refractivity contribution in [3.8, 4) is 0 Å². The van der Waals surface area contributed by atoms with Crippen LogP contribution in [-0.4, -0.2) is 30.0 Å². The van der Waals surface area contributed by atoms with Crippen molar-refractivity contribution in [2.75, 3.05) is 18.1 Å². The summed E-state index contributed by atoms with van der Waals surface area (Å²) in [6.07, 6.45) is 2.13. The third kappa shape index (κ3) is 9.55. The summed E-state index contributed by atoms with van der Waals surface area (Å²) in [7, 11) is 0. The predicted octanol–water partition coefficient (Wildman–Crippen LogP) is 0.443. The average molecular weight is 234 g/mol. The van der Waals surface area contributed by atoms with E-state index in [1.165, 1.54) is 11.8 Å². The second-order valence-corrected chi connectivity index (χ2v) is 3.99. The fourth-order valence-corrected chi connectivity index (χ4v) is 1.72. The van der Waals surface area contributed by atoms with E-state index in [1.54, 1.807) is 6.92 Å². The maximum atomic E-state index is 10.9. The second kappa shape index (κ2) is 9.79. The zero-order chi connectivity index (χ0) is 11.5. The Balaban J connectivity index is 3.18. The Hall–Kier alpha value is -0.750. The van der Waals surface area contributed by atoms with E-state index in [1.807, 2.05) is 0 Å². The molecule has 0 aromatic carbocycles. The third-order valence-electron chi connectivity index (χ3n) is 1.63. The summed E-state index contributed by atoms with van der Waals surface area (Å²) >= 11 is 1.52. The molecule has 0 aliphatic rings. The summed E-state index contributed by atoms with van der Waals surface area (Å²) < 4.78 is 4.76. The molecule has 0 fully saturated rings. The van der Waals surface area contributed by atoms with Crippen LogP contribution in [0.15, 0.2) is 0 Å². The van der Waals surface area contributed by atoms with Crippen molar-refractivity contribution in [1.29, 1.82) is 0 Å². The van der Waals surface area contributed by atoms with Crippen LogP contribution in [0.1, 0.15) is 26.2 Å². The quantitative estimate of drug-likeness (QED) is 0.209. The summed E-state index contributed by atoms with van der Waals surface area (Å²) in [5.41, 5.74) is 2.07. The number of nitrogens with two attached hydrogens (primary N) is 1. The number of rotatable bonds is 8. The maximum Gasteiger partial charge on any atom is 0.315 e. The van der Waals surface area contributed by atoms with Crippen molar-refractivity contribution in [2.45, 2.75) is 26.2 Å². The molecule has 0 saturated heterocycles. The SMILES string of the molecule is CCOC(=O)CSCCCCC(=O)NN. The van der Waals surface area contributed by atoms with Crippen LogP contribution in [0.3, 0.4) is 0 Å². The van der Waals surface area contributed by atoms with Crippen LogP contribution >= 0.6 is 11.8 Å². The lowest BCUT2D eigenvalue weighted by atomic mass is 10.2. The molecule has 0 bridgehead atoms. The van der Waals surface area contributed by atoms with Crippen LogP contribution in [0.4, 0.5) is 0 Å². The highest BCUT2D eigenvalue weighted by molar-refractivity contribution is 7.99. The molecule has 1 amide bonds. The topological polar surface area (TPSA) is 81.4 Å². The number of carbonyl (C=O) groups excluding carboxylic acids is 2. The van der Waals surface area contributed by atoms with Crippen LogP contribution < -0.4 is 11.3 Å². The van der Waals surface area contributed by atoms with E-state index in [-0.39, 0.29) is 11.9 Å². The van der Waals surface area contributed by atoms with Gasteiger partial charge in [0, 0.05) is 6.42 Å². The zero-order valence-corrected chi connectivity index (χ0v) is 9.77. The zero-order valence-electron chi connectivity index (χ0n) is 8.95. The van der Waals surface area contributed by atoms with Crippen molar-refractivity contribution < 1.29 is 14.3 Å². The lowest BCUT2D eigenvalue weighted by Gasteiger charge is -2.02. The highest BCUT2D eigenvalue weighted by Crippen LogP contribution is 2.06. The number of thioether (sulfide) groups is 1. The third-order valence-corrected chi connectivity index (χ3v) is 2.65. The molecule has 3 N–H and O–H groups in total. The smallest absolute Gasteiger partial charge is 0.315 e. The summed E-state index contributed by atoms with van der Waals surface area (Å²) in [6, 6.07) is 0. The van der Waals surface area contributed by atoms with Crippen molar-refractivity contribution in [2.24, 2.45) is 5.84 Å². The molecule has 88 valence electrons. The summed E-state index contributed by atoms with van der Waals surface area (Å²) in [5, 5.41) is 0. The standard InChI is InChI=1S/C9H18N2O3S/c1-2-14-9(13)7-15-6-4-3-5-8(12)11-10/h2-7,10H2,1H3,(H,11,12).